The van der Waals surface area contributed by atoms with Crippen molar-refractivity contribution in [2.45, 2.75) is 90.9 Å². The van der Waals surface area contributed by atoms with E-state index in [1.54, 1.807) is 6.92 Å². The lowest BCUT2D eigenvalue weighted by Crippen LogP contribution is -2.25. The number of hydrogen-bond donors (Lipinski definition) is 2. The number of rotatable bonds is 9. The predicted octanol–water partition coefficient (Wildman–Crippen LogP) is 7.91. The van der Waals surface area contributed by atoms with Gasteiger partial charge in [-0.2, -0.15) is 0 Å². The van der Waals surface area contributed by atoms with Crippen LogP contribution in [0.15, 0.2) is 40.5 Å². The van der Waals surface area contributed by atoms with Crippen molar-refractivity contribution < 1.29 is 0 Å². The Labute approximate surface area is 200 Å². The summed E-state index contributed by atoms with van der Waals surface area (Å²) in [7, 11) is 0. The highest BCUT2D eigenvalue weighted by molar-refractivity contribution is 5.98. The number of fused-ring (bicyclic) bond motifs is 2. The molecule has 0 aromatic heterocycles. The number of hydrogen-bond acceptors (Lipinski definition) is 3. The Hall–Kier alpha value is -2.23. The summed E-state index contributed by atoms with van der Waals surface area (Å²) in [6, 6.07) is 8.89. The fourth-order valence-electron chi connectivity index (χ4n) is 6.78. The lowest BCUT2D eigenvalue weighted by molar-refractivity contribution is 0.313. The zero-order valence-electron chi connectivity index (χ0n) is 20.8. The number of amidine groups is 1. The van der Waals surface area contributed by atoms with Crippen molar-refractivity contribution in [3.8, 4) is 0 Å². The van der Waals surface area contributed by atoms with Crippen LogP contribution < -0.4 is 5.32 Å². The van der Waals surface area contributed by atoms with Gasteiger partial charge in [0.1, 0.15) is 5.84 Å². The molecule has 178 valence electrons. The molecule has 0 radical (unpaired) electrons. The van der Waals surface area contributed by atoms with Crippen LogP contribution in [-0.2, 0) is 0 Å². The Kier molecular flexibility index (Phi) is 7.51. The van der Waals surface area contributed by atoms with Gasteiger partial charge in [-0.3, -0.25) is 10.4 Å². The molecule has 2 N–H and O–H groups in total. The molecular weight excluding hydrogens is 404 g/mol. The third-order valence-corrected chi connectivity index (χ3v) is 8.78. The summed E-state index contributed by atoms with van der Waals surface area (Å²) in [5.41, 5.74) is 5.58. The van der Waals surface area contributed by atoms with Gasteiger partial charge in [0.2, 0.25) is 0 Å². The first-order chi connectivity index (χ1) is 15.9. The molecule has 3 saturated carbocycles. The van der Waals surface area contributed by atoms with E-state index in [0.29, 0.717) is 11.3 Å². The van der Waals surface area contributed by atoms with Gasteiger partial charge in [-0.25, -0.2) is 4.99 Å². The van der Waals surface area contributed by atoms with E-state index >= 15 is 0 Å². The molecule has 1 aromatic carbocycles. The second kappa shape index (κ2) is 10.4. The van der Waals surface area contributed by atoms with E-state index in [1.165, 1.54) is 93.2 Å². The van der Waals surface area contributed by atoms with Gasteiger partial charge in [0.05, 0.1) is 0 Å². The average Bonchev–Trinajstić information content (AvgIpc) is 3.39. The molecule has 3 fully saturated rings. The number of aliphatic imine (C=N–C) groups is 2. The van der Waals surface area contributed by atoms with Crippen molar-refractivity contribution in [1.82, 2.24) is 0 Å². The van der Waals surface area contributed by atoms with Crippen molar-refractivity contribution in [1.29, 1.82) is 5.41 Å². The molecular formula is C29H42N4. The van der Waals surface area contributed by atoms with Crippen LogP contribution in [0.1, 0.15) is 96.5 Å². The minimum absolute atomic E-state index is 0.233. The van der Waals surface area contributed by atoms with Crippen LogP contribution in [0.25, 0.3) is 5.57 Å². The van der Waals surface area contributed by atoms with Gasteiger partial charge in [0.15, 0.2) is 0 Å². The normalized spacial score (nSPS) is 28.2. The van der Waals surface area contributed by atoms with Crippen LogP contribution in [0, 0.1) is 22.2 Å². The molecule has 3 aliphatic rings. The van der Waals surface area contributed by atoms with Crippen LogP contribution in [0.4, 0.5) is 5.69 Å². The third-order valence-electron chi connectivity index (χ3n) is 8.78. The number of nitrogens with one attached hydrogen (secondary N) is 2. The second-order valence-corrected chi connectivity index (χ2v) is 11.1. The third kappa shape index (κ3) is 5.65. The zero-order valence-corrected chi connectivity index (χ0v) is 20.8. The van der Waals surface area contributed by atoms with Gasteiger partial charge >= 0.3 is 0 Å². The Bertz CT molecular complexity index is 911. The first-order valence-electron chi connectivity index (χ1n) is 13.0. The summed E-state index contributed by atoms with van der Waals surface area (Å²) in [4.78, 5) is 8.67. The summed E-state index contributed by atoms with van der Waals surface area (Å²) in [5, 5.41) is 11.6. The van der Waals surface area contributed by atoms with E-state index in [2.05, 4.69) is 53.2 Å². The molecule has 0 saturated heterocycles. The van der Waals surface area contributed by atoms with Gasteiger partial charge in [0.25, 0.3) is 0 Å². The number of nitrogens with zero attached hydrogens (tertiary/aromatic N) is 2. The maximum Gasteiger partial charge on any atom is 0.117 e. The van der Waals surface area contributed by atoms with Crippen molar-refractivity contribution in [2.75, 3.05) is 11.9 Å². The minimum atomic E-state index is 0.233. The molecule has 3 aliphatic carbocycles. The topological polar surface area (TPSA) is 60.6 Å². The van der Waals surface area contributed by atoms with E-state index in [4.69, 9.17) is 5.41 Å². The van der Waals surface area contributed by atoms with Gasteiger partial charge in [-0.1, -0.05) is 44.2 Å². The highest BCUT2D eigenvalue weighted by Gasteiger charge is 2.55. The van der Waals surface area contributed by atoms with Crippen molar-refractivity contribution in [3.05, 3.63) is 36.0 Å². The molecule has 1 aromatic rings. The smallest absolute Gasteiger partial charge is 0.117 e. The molecule has 0 unspecified atom stereocenters. The van der Waals surface area contributed by atoms with E-state index in [0.717, 1.165) is 18.9 Å². The van der Waals surface area contributed by atoms with Gasteiger partial charge in [0, 0.05) is 29.6 Å². The largest absolute Gasteiger partial charge is 0.384 e. The van der Waals surface area contributed by atoms with Crippen LogP contribution >= 0.6 is 0 Å². The van der Waals surface area contributed by atoms with Crippen molar-refractivity contribution in [3.63, 3.8) is 0 Å². The number of allylic oxidation sites excluding steroid dienone is 1. The van der Waals surface area contributed by atoms with E-state index in [9.17, 15) is 0 Å². The van der Waals surface area contributed by atoms with E-state index in [1.807, 2.05) is 6.20 Å². The molecule has 0 atom stereocenters. The average molecular weight is 447 g/mol. The summed E-state index contributed by atoms with van der Waals surface area (Å²) < 4.78 is 0. The Morgan fingerprint density at radius 3 is 2.61 bits per heavy atom. The SMILES string of the molecule is C=N/C=C(\CCC1CCCCC1)c1cccc(NCC23CCC(C(C)=NC(C)=N)(CC2)C3)c1. The summed E-state index contributed by atoms with van der Waals surface area (Å²) >= 11 is 0. The van der Waals surface area contributed by atoms with Crippen molar-refractivity contribution in [2.24, 2.45) is 26.7 Å². The van der Waals surface area contributed by atoms with Crippen LogP contribution in [0.3, 0.4) is 0 Å². The van der Waals surface area contributed by atoms with E-state index in [-0.39, 0.29) is 5.41 Å². The molecule has 4 rings (SSSR count). The Balaban J connectivity index is 1.38. The maximum absolute atomic E-state index is 7.76. The second-order valence-electron chi connectivity index (χ2n) is 11.1. The summed E-state index contributed by atoms with van der Waals surface area (Å²) in [5.74, 6) is 1.31. The maximum atomic E-state index is 7.76. The van der Waals surface area contributed by atoms with Crippen LogP contribution in [0.2, 0.25) is 0 Å². The van der Waals surface area contributed by atoms with E-state index < -0.39 is 0 Å². The van der Waals surface area contributed by atoms with Crippen molar-refractivity contribution >= 4 is 29.5 Å². The minimum Gasteiger partial charge on any atom is -0.384 e. The fraction of sp³-hybridized carbons (Fsp3) is 0.621. The summed E-state index contributed by atoms with van der Waals surface area (Å²) in [6.07, 6.45) is 17.5. The molecule has 0 spiro atoms. The highest BCUT2D eigenvalue weighted by atomic mass is 14.9. The van der Waals surface area contributed by atoms with Gasteiger partial charge in [-0.05, 0) is 100 Å². The summed E-state index contributed by atoms with van der Waals surface area (Å²) in [6.45, 7) is 8.68. The van der Waals surface area contributed by atoms with Crippen LogP contribution in [0.5, 0.6) is 0 Å². The molecule has 0 aliphatic heterocycles. The molecule has 33 heavy (non-hydrogen) atoms. The lowest BCUT2D eigenvalue weighted by atomic mass is 9.79. The quantitative estimate of drug-likeness (QED) is 0.294. The monoisotopic (exact) mass is 446 g/mol. The highest BCUT2D eigenvalue weighted by Crippen LogP contribution is 2.62. The standard InChI is InChI=1S/C29H42N4/c1-22(33-23(2)30)29-16-14-28(20-29,15-17-29)21-32-27-11-7-10-25(18-27)26(19-31-3)13-12-24-8-5-4-6-9-24/h7,10-11,18-19,24,30,32H,3-6,8-9,12-17,20-21H2,1-2H3/b26-19+,30-23?,33-22?. The molecule has 0 heterocycles. The lowest BCUT2D eigenvalue weighted by Gasteiger charge is -2.28. The Morgan fingerprint density at radius 2 is 1.91 bits per heavy atom. The zero-order chi connectivity index (χ0) is 23.3. The predicted molar refractivity (Wildman–Crippen MR) is 143 cm³/mol. The molecule has 0 amide bonds. The fourth-order valence-corrected chi connectivity index (χ4v) is 6.78. The Morgan fingerprint density at radius 1 is 1.15 bits per heavy atom. The molecule has 2 bridgehead atoms. The van der Waals surface area contributed by atoms with Crippen LogP contribution in [-0.4, -0.2) is 24.8 Å². The van der Waals surface area contributed by atoms with Gasteiger partial charge < -0.3 is 5.32 Å². The molecule has 4 nitrogen and oxygen atoms in total. The first-order valence-corrected chi connectivity index (χ1v) is 13.0. The van der Waals surface area contributed by atoms with Gasteiger partial charge in [-0.15, -0.1) is 0 Å². The number of anilines is 1. The first kappa shape index (κ1) is 23.9. The molecule has 4 heteroatoms. The number of benzene rings is 1.